The van der Waals surface area contributed by atoms with Gasteiger partial charge < -0.3 is 20.3 Å². The number of fused-ring (bicyclic) bond motifs is 2. The molecule has 140 valence electrons. The SMILES string of the molecule is O=C1NCC(c2ccccc2)(C2CC3CC[C@H](C2)O3)N1C1CCNCC1. The average molecular weight is 355 g/mol. The van der Waals surface area contributed by atoms with Gasteiger partial charge in [-0.3, -0.25) is 0 Å². The van der Waals surface area contributed by atoms with Gasteiger partial charge in [-0.25, -0.2) is 4.79 Å². The van der Waals surface area contributed by atoms with Gasteiger partial charge in [-0.15, -0.1) is 0 Å². The number of rotatable bonds is 3. The summed E-state index contributed by atoms with van der Waals surface area (Å²) in [4.78, 5) is 15.3. The van der Waals surface area contributed by atoms with Crippen LogP contribution in [0.2, 0.25) is 0 Å². The first kappa shape index (κ1) is 16.6. The van der Waals surface area contributed by atoms with Gasteiger partial charge in [-0.2, -0.15) is 0 Å². The molecule has 0 aromatic heterocycles. The van der Waals surface area contributed by atoms with E-state index in [1.54, 1.807) is 0 Å². The molecule has 4 aliphatic rings. The van der Waals surface area contributed by atoms with E-state index in [1.807, 2.05) is 0 Å². The number of benzene rings is 1. The molecule has 4 fully saturated rings. The van der Waals surface area contributed by atoms with Gasteiger partial charge >= 0.3 is 6.03 Å². The Morgan fingerprint density at radius 2 is 1.69 bits per heavy atom. The first-order valence-electron chi connectivity index (χ1n) is 10.3. The number of hydrogen-bond donors (Lipinski definition) is 2. The Morgan fingerprint density at radius 3 is 2.38 bits per heavy atom. The second-order valence-electron chi connectivity index (χ2n) is 8.43. The first-order chi connectivity index (χ1) is 12.8. The summed E-state index contributed by atoms with van der Waals surface area (Å²) in [5.41, 5.74) is 1.06. The quantitative estimate of drug-likeness (QED) is 0.876. The van der Waals surface area contributed by atoms with Gasteiger partial charge in [0.2, 0.25) is 0 Å². The number of hydrogen-bond acceptors (Lipinski definition) is 3. The number of nitrogens with one attached hydrogen (secondary N) is 2. The Morgan fingerprint density at radius 1 is 1.00 bits per heavy atom. The number of ether oxygens (including phenoxy) is 1. The van der Waals surface area contributed by atoms with E-state index in [9.17, 15) is 4.79 Å². The molecule has 2 bridgehead atoms. The Kier molecular flexibility index (Phi) is 4.17. The highest BCUT2D eigenvalue weighted by atomic mass is 16.5. The van der Waals surface area contributed by atoms with Gasteiger partial charge in [-0.1, -0.05) is 30.3 Å². The fourth-order valence-corrected chi connectivity index (χ4v) is 5.91. The summed E-state index contributed by atoms with van der Waals surface area (Å²) in [7, 11) is 0. The van der Waals surface area contributed by atoms with Gasteiger partial charge in [0.25, 0.3) is 0 Å². The number of nitrogens with zero attached hydrogens (tertiary/aromatic N) is 1. The predicted octanol–water partition coefficient (Wildman–Crippen LogP) is 2.62. The van der Waals surface area contributed by atoms with Crippen molar-refractivity contribution >= 4 is 6.03 Å². The summed E-state index contributed by atoms with van der Waals surface area (Å²) in [6, 6.07) is 11.2. The Labute approximate surface area is 155 Å². The molecule has 4 saturated heterocycles. The maximum atomic E-state index is 13.0. The summed E-state index contributed by atoms with van der Waals surface area (Å²) in [5.74, 6) is 0.463. The van der Waals surface area contributed by atoms with Crippen LogP contribution < -0.4 is 10.6 Å². The molecule has 1 aromatic carbocycles. The molecule has 5 nitrogen and oxygen atoms in total. The molecule has 5 heteroatoms. The third kappa shape index (κ3) is 2.55. The molecule has 5 rings (SSSR count). The van der Waals surface area contributed by atoms with Crippen LogP contribution in [0.4, 0.5) is 4.79 Å². The van der Waals surface area contributed by atoms with Crippen molar-refractivity contribution in [1.82, 2.24) is 15.5 Å². The maximum Gasteiger partial charge on any atom is 0.318 e. The summed E-state index contributed by atoms with van der Waals surface area (Å²) < 4.78 is 6.14. The van der Waals surface area contributed by atoms with E-state index < -0.39 is 0 Å². The van der Waals surface area contributed by atoms with E-state index in [2.05, 4.69) is 45.9 Å². The van der Waals surface area contributed by atoms with E-state index >= 15 is 0 Å². The third-order valence-corrected chi connectivity index (χ3v) is 7.07. The maximum absolute atomic E-state index is 13.0. The molecule has 26 heavy (non-hydrogen) atoms. The standard InChI is InChI=1S/C21H29N3O2/c25-20-23-14-21(15-4-2-1-3-5-15,24(20)17-8-10-22-11-9-17)16-12-18-6-7-19(13-16)26-18/h1-5,16-19,22H,6-14H2,(H,23,25)/t16?,18-,19?,21?/m1/s1. The zero-order chi connectivity index (χ0) is 17.6. The van der Waals surface area contributed by atoms with Gasteiger partial charge in [0.1, 0.15) is 0 Å². The zero-order valence-electron chi connectivity index (χ0n) is 15.3. The van der Waals surface area contributed by atoms with E-state index in [0.29, 0.717) is 24.2 Å². The molecule has 0 radical (unpaired) electrons. The predicted molar refractivity (Wildman–Crippen MR) is 99.9 cm³/mol. The van der Waals surface area contributed by atoms with Gasteiger partial charge in [0.05, 0.1) is 17.7 Å². The minimum Gasteiger partial charge on any atom is -0.375 e. The smallest absolute Gasteiger partial charge is 0.318 e. The molecular weight excluding hydrogens is 326 g/mol. The lowest BCUT2D eigenvalue weighted by Crippen LogP contribution is -2.58. The van der Waals surface area contributed by atoms with E-state index in [4.69, 9.17) is 4.74 Å². The Balaban J connectivity index is 1.58. The van der Waals surface area contributed by atoms with Crippen molar-refractivity contribution in [2.45, 2.75) is 62.3 Å². The Bertz CT molecular complexity index is 648. The minimum absolute atomic E-state index is 0.125. The van der Waals surface area contributed by atoms with Crippen molar-refractivity contribution in [1.29, 1.82) is 0 Å². The normalized spacial score (nSPS) is 37.8. The van der Waals surface area contributed by atoms with Crippen LogP contribution in [-0.4, -0.2) is 48.8 Å². The summed E-state index contributed by atoms with van der Waals surface area (Å²) in [6.07, 6.45) is 7.34. The second-order valence-corrected chi connectivity index (χ2v) is 8.43. The van der Waals surface area contributed by atoms with Crippen LogP contribution in [0.3, 0.4) is 0 Å². The van der Waals surface area contributed by atoms with Crippen molar-refractivity contribution < 1.29 is 9.53 Å². The molecule has 0 aliphatic carbocycles. The lowest BCUT2D eigenvalue weighted by Gasteiger charge is -2.50. The van der Waals surface area contributed by atoms with Crippen LogP contribution in [0.5, 0.6) is 0 Å². The van der Waals surface area contributed by atoms with Crippen LogP contribution >= 0.6 is 0 Å². The highest BCUT2D eigenvalue weighted by molar-refractivity contribution is 5.79. The number of carbonyl (C=O) groups is 1. The molecule has 2 amide bonds. The molecule has 4 heterocycles. The molecule has 4 atom stereocenters. The summed E-state index contributed by atoms with van der Waals surface area (Å²) in [5, 5.41) is 6.67. The monoisotopic (exact) mass is 355 g/mol. The average Bonchev–Trinajstić information content (AvgIpc) is 3.22. The second kappa shape index (κ2) is 6.54. The molecule has 3 unspecified atom stereocenters. The van der Waals surface area contributed by atoms with Crippen molar-refractivity contribution in [2.24, 2.45) is 5.92 Å². The molecule has 4 aliphatic heterocycles. The number of piperidine rings is 1. The van der Waals surface area contributed by atoms with E-state index in [1.165, 1.54) is 18.4 Å². The molecule has 2 N–H and O–H groups in total. The molecule has 0 saturated carbocycles. The van der Waals surface area contributed by atoms with Crippen molar-refractivity contribution in [3.63, 3.8) is 0 Å². The van der Waals surface area contributed by atoms with Crippen LogP contribution in [-0.2, 0) is 10.3 Å². The van der Waals surface area contributed by atoms with Gasteiger partial charge in [0.15, 0.2) is 0 Å². The van der Waals surface area contributed by atoms with E-state index in [0.717, 1.165) is 45.3 Å². The van der Waals surface area contributed by atoms with E-state index in [-0.39, 0.29) is 11.6 Å². The van der Waals surface area contributed by atoms with Crippen LogP contribution in [0.1, 0.15) is 44.1 Å². The fraction of sp³-hybridized carbons (Fsp3) is 0.667. The Hall–Kier alpha value is -1.59. The third-order valence-electron chi connectivity index (χ3n) is 7.07. The summed E-state index contributed by atoms with van der Waals surface area (Å²) in [6.45, 7) is 2.72. The lowest BCUT2D eigenvalue weighted by atomic mass is 9.71. The topological polar surface area (TPSA) is 53.6 Å². The van der Waals surface area contributed by atoms with Crippen molar-refractivity contribution in [3.05, 3.63) is 35.9 Å². The molecule has 0 spiro atoms. The number of carbonyl (C=O) groups excluding carboxylic acids is 1. The van der Waals surface area contributed by atoms with Crippen molar-refractivity contribution in [2.75, 3.05) is 19.6 Å². The lowest BCUT2D eigenvalue weighted by molar-refractivity contribution is -0.0653. The van der Waals surface area contributed by atoms with Gasteiger partial charge in [-0.05, 0) is 63.1 Å². The van der Waals surface area contributed by atoms with Crippen molar-refractivity contribution in [3.8, 4) is 0 Å². The molecule has 1 aromatic rings. The van der Waals surface area contributed by atoms with Crippen LogP contribution in [0.25, 0.3) is 0 Å². The first-order valence-corrected chi connectivity index (χ1v) is 10.3. The highest BCUT2D eigenvalue weighted by Crippen LogP contribution is 2.50. The molecular formula is C21H29N3O2. The highest BCUT2D eigenvalue weighted by Gasteiger charge is 2.56. The van der Waals surface area contributed by atoms with Crippen LogP contribution in [0, 0.1) is 5.92 Å². The zero-order valence-corrected chi connectivity index (χ0v) is 15.3. The number of amides is 2. The largest absolute Gasteiger partial charge is 0.375 e. The summed E-state index contributed by atoms with van der Waals surface area (Å²) >= 11 is 0. The van der Waals surface area contributed by atoms with Gasteiger partial charge in [0, 0.05) is 12.6 Å². The minimum atomic E-state index is -0.231. The van der Waals surface area contributed by atoms with Crippen LogP contribution in [0.15, 0.2) is 30.3 Å². The fourth-order valence-electron chi connectivity index (χ4n) is 5.91. The number of urea groups is 1.